The number of aliphatic carboxylic acids is 1. The molecule has 2 amide bonds. The first-order chi connectivity index (χ1) is 14.8. The molecule has 176 valence electrons. The molecule has 0 spiro atoms. The van der Waals surface area contributed by atoms with Gasteiger partial charge < -0.3 is 10.4 Å². The smallest absolute Gasteiger partial charge is 0.402 e. The van der Waals surface area contributed by atoms with Gasteiger partial charge in [-0.2, -0.15) is 13.2 Å². The van der Waals surface area contributed by atoms with Crippen molar-refractivity contribution in [3.05, 3.63) is 11.3 Å². The third-order valence-corrected chi connectivity index (χ3v) is 8.16. The van der Waals surface area contributed by atoms with Crippen LogP contribution in [-0.4, -0.2) is 97.0 Å². The summed E-state index contributed by atoms with van der Waals surface area (Å²) in [6, 6.07) is -1.25. The van der Waals surface area contributed by atoms with Gasteiger partial charge in [-0.05, 0) is 16.0 Å². The van der Waals surface area contributed by atoms with E-state index >= 15 is 0 Å². The van der Waals surface area contributed by atoms with Crippen LogP contribution in [0.3, 0.4) is 0 Å². The van der Waals surface area contributed by atoms with Crippen LogP contribution in [0, 0.1) is 0 Å². The Kier molecular flexibility index (Phi) is 6.75. The number of carbonyl (C=O) groups is 3. The molecule has 0 aromatic carbocycles. The van der Waals surface area contributed by atoms with Crippen LogP contribution < -0.4 is 5.32 Å². The van der Waals surface area contributed by atoms with Crippen molar-refractivity contribution in [3.63, 3.8) is 0 Å². The minimum Gasteiger partial charge on any atom is -0.477 e. The lowest BCUT2D eigenvalue weighted by Gasteiger charge is -2.49. The summed E-state index contributed by atoms with van der Waals surface area (Å²) in [4.78, 5) is 37.2. The molecule has 2 N–H and O–H groups in total. The first kappa shape index (κ1) is 24.3. The SMILES string of the molecule is Cn1nnnc1SCC1=C(C(=O)O)N2C(=O)C(NC(=O)CS(=O)(=O)CC(F)(F)F)[C@H]2SC1. The number of fused-ring (bicyclic) bond motifs is 1. The van der Waals surface area contributed by atoms with Crippen molar-refractivity contribution in [1.82, 2.24) is 30.4 Å². The second-order valence-electron chi connectivity index (χ2n) is 6.73. The van der Waals surface area contributed by atoms with E-state index in [0.717, 1.165) is 28.4 Å². The van der Waals surface area contributed by atoms with E-state index < -0.39 is 56.7 Å². The highest BCUT2D eigenvalue weighted by atomic mass is 32.2. The predicted octanol–water partition coefficient (Wildman–Crippen LogP) is -0.982. The quantitative estimate of drug-likeness (QED) is 0.322. The van der Waals surface area contributed by atoms with Crippen LogP contribution >= 0.6 is 23.5 Å². The third-order valence-electron chi connectivity index (χ3n) is 4.26. The van der Waals surface area contributed by atoms with Crippen LogP contribution in [0.15, 0.2) is 16.4 Å². The third kappa shape index (κ3) is 5.34. The Hall–Kier alpha value is -2.34. The number of alkyl halides is 3. The van der Waals surface area contributed by atoms with E-state index in [1.807, 2.05) is 0 Å². The Morgan fingerprint density at radius 1 is 1.38 bits per heavy atom. The van der Waals surface area contributed by atoms with Crippen LogP contribution in [0.4, 0.5) is 13.2 Å². The molecule has 0 aliphatic carbocycles. The molecular weight excluding hydrogens is 501 g/mol. The summed E-state index contributed by atoms with van der Waals surface area (Å²) in [7, 11) is -3.17. The number of β-lactam (4-membered cyclic amide) rings is 1. The van der Waals surface area contributed by atoms with Gasteiger partial charge in [0.1, 0.15) is 28.6 Å². The molecule has 3 heterocycles. The van der Waals surface area contributed by atoms with E-state index in [-0.39, 0.29) is 17.2 Å². The van der Waals surface area contributed by atoms with E-state index in [9.17, 15) is 41.1 Å². The maximum absolute atomic E-state index is 12.5. The second kappa shape index (κ2) is 8.89. The van der Waals surface area contributed by atoms with Crippen LogP contribution in [-0.2, 0) is 31.3 Å². The van der Waals surface area contributed by atoms with Gasteiger partial charge in [0.15, 0.2) is 9.84 Å². The number of thioether (sulfide) groups is 2. The zero-order chi connectivity index (χ0) is 23.8. The molecule has 1 fully saturated rings. The van der Waals surface area contributed by atoms with Gasteiger partial charge in [0.25, 0.3) is 5.91 Å². The number of aromatic nitrogens is 4. The Labute approximate surface area is 186 Å². The molecule has 1 saturated heterocycles. The highest BCUT2D eigenvalue weighted by molar-refractivity contribution is 8.01. The van der Waals surface area contributed by atoms with E-state index in [1.165, 1.54) is 4.68 Å². The van der Waals surface area contributed by atoms with Gasteiger partial charge in [-0.25, -0.2) is 17.9 Å². The molecule has 2 atom stereocenters. The van der Waals surface area contributed by atoms with Gasteiger partial charge in [-0.3, -0.25) is 14.5 Å². The zero-order valence-corrected chi connectivity index (χ0v) is 18.5. The minimum absolute atomic E-state index is 0.173. The van der Waals surface area contributed by atoms with E-state index in [0.29, 0.717) is 10.7 Å². The lowest BCUT2D eigenvalue weighted by atomic mass is 10.0. The maximum Gasteiger partial charge on any atom is 0.402 e. The number of carbonyl (C=O) groups excluding carboxylic acids is 2. The number of nitrogens with zero attached hydrogens (tertiary/aromatic N) is 5. The van der Waals surface area contributed by atoms with Crippen LogP contribution in [0.5, 0.6) is 0 Å². The summed E-state index contributed by atoms with van der Waals surface area (Å²) in [5, 5.41) is 22.2. The summed E-state index contributed by atoms with van der Waals surface area (Å²) in [5.41, 5.74) is 0.147. The van der Waals surface area contributed by atoms with Crippen molar-refractivity contribution in [1.29, 1.82) is 0 Å². The Morgan fingerprint density at radius 3 is 2.62 bits per heavy atom. The number of carboxylic acids is 1. The lowest BCUT2D eigenvalue weighted by Crippen LogP contribution is -2.71. The molecule has 3 rings (SSSR count). The number of carboxylic acid groups (broad SMARTS) is 1. The summed E-state index contributed by atoms with van der Waals surface area (Å²) in [6.07, 6.45) is -5.00. The minimum atomic E-state index is -5.00. The van der Waals surface area contributed by atoms with Gasteiger partial charge in [0.05, 0.1) is 0 Å². The number of halogens is 3. The first-order valence-corrected chi connectivity index (χ1v) is 12.5. The Balaban J connectivity index is 1.67. The molecule has 12 nitrogen and oxygen atoms in total. The van der Waals surface area contributed by atoms with Gasteiger partial charge in [-0.15, -0.1) is 16.9 Å². The van der Waals surface area contributed by atoms with E-state index in [2.05, 4.69) is 20.8 Å². The highest BCUT2D eigenvalue weighted by Crippen LogP contribution is 2.41. The van der Waals surface area contributed by atoms with Gasteiger partial charge in [-0.1, -0.05) is 11.8 Å². The zero-order valence-electron chi connectivity index (χ0n) is 16.1. The molecule has 1 aromatic rings. The van der Waals surface area contributed by atoms with Crippen molar-refractivity contribution in [2.75, 3.05) is 23.0 Å². The number of hydrogen-bond acceptors (Lipinski definition) is 10. The van der Waals surface area contributed by atoms with Crippen LogP contribution in [0.2, 0.25) is 0 Å². The average Bonchev–Trinajstić information content (AvgIpc) is 3.05. The number of rotatable bonds is 8. The van der Waals surface area contributed by atoms with Crippen molar-refractivity contribution in [2.24, 2.45) is 7.05 Å². The van der Waals surface area contributed by atoms with Gasteiger partial charge in [0, 0.05) is 18.6 Å². The molecule has 2 aliphatic rings. The number of nitrogens with one attached hydrogen (secondary N) is 1. The fraction of sp³-hybridized carbons (Fsp3) is 0.571. The predicted molar refractivity (Wildman–Crippen MR) is 104 cm³/mol. The standard InChI is InChI=1S/C14H15F3N6O6S3/c1-22-13(19-20-21-22)31-3-6-2-30-11-8(10(25)23(11)9(6)12(26)27)18-7(24)4-32(28,29)5-14(15,16)17/h8,11H,2-5H2,1H3,(H,18,24)(H,26,27)/t8?,11-/m1/s1. The molecule has 0 radical (unpaired) electrons. The topological polar surface area (TPSA) is 164 Å². The van der Waals surface area contributed by atoms with E-state index in [4.69, 9.17) is 0 Å². The summed E-state index contributed by atoms with van der Waals surface area (Å²) < 4.78 is 61.3. The summed E-state index contributed by atoms with van der Waals surface area (Å²) in [6.45, 7) is 0. The van der Waals surface area contributed by atoms with E-state index in [1.54, 1.807) is 7.05 Å². The summed E-state index contributed by atoms with van der Waals surface area (Å²) in [5.74, 6) is -6.69. The molecule has 1 unspecified atom stereocenters. The second-order valence-corrected chi connectivity index (χ2v) is 10.8. The fourth-order valence-electron chi connectivity index (χ4n) is 3.00. The normalized spacial score (nSPS) is 21.2. The van der Waals surface area contributed by atoms with Crippen molar-refractivity contribution < 1.29 is 41.1 Å². The molecule has 2 aliphatic heterocycles. The molecule has 32 heavy (non-hydrogen) atoms. The molecule has 18 heteroatoms. The number of sulfone groups is 1. The average molecular weight is 517 g/mol. The number of hydrogen-bond donors (Lipinski definition) is 2. The first-order valence-electron chi connectivity index (χ1n) is 8.61. The number of amides is 2. The number of tetrazole rings is 1. The molecule has 0 saturated carbocycles. The van der Waals surface area contributed by atoms with Crippen LogP contribution in [0.1, 0.15) is 0 Å². The van der Waals surface area contributed by atoms with Crippen LogP contribution in [0.25, 0.3) is 0 Å². The molecular formula is C14H15F3N6O6S3. The number of aryl methyl sites for hydroxylation is 1. The Bertz CT molecular complexity index is 1090. The maximum atomic E-state index is 12.5. The molecule has 0 bridgehead atoms. The fourth-order valence-corrected chi connectivity index (χ4v) is 6.42. The largest absolute Gasteiger partial charge is 0.477 e. The monoisotopic (exact) mass is 516 g/mol. The summed E-state index contributed by atoms with van der Waals surface area (Å²) >= 11 is 2.29. The van der Waals surface area contributed by atoms with Gasteiger partial charge in [0.2, 0.25) is 11.1 Å². The van der Waals surface area contributed by atoms with Gasteiger partial charge >= 0.3 is 12.1 Å². The van der Waals surface area contributed by atoms with Crippen molar-refractivity contribution >= 4 is 51.1 Å². The Morgan fingerprint density at radius 2 is 2.06 bits per heavy atom. The lowest BCUT2D eigenvalue weighted by molar-refractivity contribution is -0.150. The highest BCUT2D eigenvalue weighted by Gasteiger charge is 2.54. The van der Waals surface area contributed by atoms with Crippen molar-refractivity contribution in [2.45, 2.75) is 22.7 Å². The van der Waals surface area contributed by atoms with Crippen molar-refractivity contribution in [3.8, 4) is 0 Å². The molecule has 1 aromatic heterocycles.